The van der Waals surface area contributed by atoms with E-state index >= 15 is 0 Å². The van der Waals surface area contributed by atoms with Gasteiger partial charge in [-0.15, -0.1) is 5.92 Å². The van der Waals surface area contributed by atoms with E-state index in [0.717, 1.165) is 13.0 Å². The molecule has 0 bridgehead atoms. The van der Waals surface area contributed by atoms with E-state index in [-0.39, 0.29) is 0 Å². The molecule has 1 heteroatoms. The molecule has 1 heterocycles. The topological polar surface area (TPSA) is 12.4 Å². The minimum atomic E-state index is 0.523. The van der Waals surface area contributed by atoms with Crippen LogP contribution in [0.15, 0.2) is 4.99 Å². The van der Waals surface area contributed by atoms with Crippen molar-refractivity contribution < 1.29 is 0 Å². The highest BCUT2D eigenvalue weighted by Crippen LogP contribution is 2.11. The third-order valence-corrected chi connectivity index (χ3v) is 1.47. The van der Waals surface area contributed by atoms with Crippen molar-refractivity contribution in [1.82, 2.24) is 0 Å². The first-order valence-electron chi connectivity index (χ1n) is 3.25. The van der Waals surface area contributed by atoms with Crippen molar-refractivity contribution in [2.24, 2.45) is 10.9 Å². The number of rotatable bonds is 0. The highest BCUT2D eigenvalue weighted by molar-refractivity contribution is 5.84. The van der Waals surface area contributed by atoms with Crippen molar-refractivity contribution in [3.63, 3.8) is 0 Å². The molecule has 1 atom stereocenters. The molecular formula is C8H11N. The van der Waals surface area contributed by atoms with Gasteiger partial charge in [0.25, 0.3) is 0 Å². The van der Waals surface area contributed by atoms with Gasteiger partial charge < -0.3 is 0 Å². The Balaban J connectivity index is 2.43. The molecule has 0 N–H and O–H groups in total. The van der Waals surface area contributed by atoms with Gasteiger partial charge in [0.15, 0.2) is 0 Å². The average Bonchev–Trinajstić information content (AvgIpc) is 2.17. The molecule has 9 heavy (non-hydrogen) atoms. The first-order chi connectivity index (χ1) is 4.33. The summed E-state index contributed by atoms with van der Waals surface area (Å²) in [4.78, 5) is 4.25. The highest BCUT2D eigenvalue weighted by Gasteiger charge is 2.11. The summed E-state index contributed by atoms with van der Waals surface area (Å²) in [6.07, 6.45) is 1.08. The molecule has 0 aliphatic carbocycles. The molecule has 1 aliphatic heterocycles. The van der Waals surface area contributed by atoms with Gasteiger partial charge in [-0.3, -0.25) is 4.99 Å². The van der Waals surface area contributed by atoms with Gasteiger partial charge in [0.05, 0.1) is 6.54 Å². The minimum Gasteiger partial charge on any atom is -0.293 e. The molecule has 0 aromatic heterocycles. The van der Waals surface area contributed by atoms with Gasteiger partial charge in [0.1, 0.15) is 0 Å². The van der Waals surface area contributed by atoms with Gasteiger partial charge >= 0.3 is 0 Å². The summed E-state index contributed by atoms with van der Waals surface area (Å²) < 4.78 is 0. The van der Waals surface area contributed by atoms with Gasteiger partial charge in [0, 0.05) is 18.1 Å². The third kappa shape index (κ3) is 1.57. The van der Waals surface area contributed by atoms with Gasteiger partial charge in [-0.25, -0.2) is 0 Å². The summed E-state index contributed by atoms with van der Waals surface area (Å²) in [5.74, 6) is 6.54. The first kappa shape index (κ1) is 6.35. The molecule has 0 radical (unpaired) electrons. The van der Waals surface area contributed by atoms with Crippen molar-refractivity contribution in [2.45, 2.75) is 20.3 Å². The SMILES string of the molecule is CC#CC1CN=C(C)C1. The van der Waals surface area contributed by atoms with E-state index in [4.69, 9.17) is 0 Å². The average molecular weight is 121 g/mol. The van der Waals surface area contributed by atoms with E-state index in [9.17, 15) is 0 Å². The number of hydrogen-bond donors (Lipinski definition) is 0. The Kier molecular flexibility index (Phi) is 1.89. The third-order valence-electron chi connectivity index (χ3n) is 1.47. The van der Waals surface area contributed by atoms with Gasteiger partial charge in [-0.1, -0.05) is 5.92 Å². The van der Waals surface area contributed by atoms with Crippen LogP contribution in [-0.4, -0.2) is 12.3 Å². The van der Waals surface area contributed by atoms with Crippen LogP contribution in [0.3, 0.4) is 0 Å². The van der Waals surface area contributed by atoms with Gasteiger partial charge in [-0.05, 0) is 13.8 Å². The van der Waals surface area contributed by atoms with E-state index in [1.54, 1.807) is 0 Å². The van der Waals surface area contributed by atoms with Crippen LogP contribution >= 0.6 is 0 Å². The largest absolute Gasteiger partial charge is 0.293 e. The van der Waals surface area contributed by atoms with Crippen molar-refractivity contribution >= 4 is 5.71 Å². The van der Waals surface area contributed by atoms with Crippen LogP contribution in [0.1, 0.15) is 20.3 Å². The van der Waals surface area contributed by atoms with Crippen LogP contribution in [0.5, 0.6) is 0 Å². The second kappa shape index (κ2) is 2.68. The molecule has 1 nitrogen and oxygen atoms in total. The predicted molar refractivity (Wildman–Crippen MR) is 39.5 cm³/mol. The van der Waals surface area contributed by atoms with Crippen LogP contribution in [0, 0.1) is 17.8 Å². The molecule has 0 aromatic rings. The van der Waals surface area contributed by atoms with E-state index in [1.165, 1.54) is 5.71 Å². The van der Waals surface area contributed by atoms with E-state index in [2.05, 4.69) is 23.8 Å². The monoisotopic (exact) mass is 121 g/mol. The summed E-state index contributed by atoms with van der Waals surface area (Å²) >= 11 is 0. The van der Waals surface area contributed by atoms with Gasteiger partial charge in [0.2, 0.25) is 0 Å². The van der Waals surface area contributed by atoms with Crippen LogP contribution in [-0.2, 0) is 0 Å². The second-order valence-corrected chi connectivity index (χ2v) is 2.37. The fraction of sp³-hybridized carbons (Fsp3) is 0.625. The Morgan fingerprint density at radius 2 is 2.44 bits per heavy atom. The van der Waals surface area contributed by atoms with Crippen molar-refractivity contribution in [3.8, 4) is 11.8 Å². The summed E-state index contributed by atoms with van der Waals surface area (Å²) in [6.45, 7) is 4.87. The zero-order valence-electron chi connectivity index (χ0n) is 5.94. The standard InChI is InChI=1S/C8H11N/c1-3-4-8-5-7(2)9-6-8/h8H,5-6H2,1-2H3. The molecule has 1 rings (SSSR count). The van der Waals surface area contributed by atoms with Crippen LogP contribution in [0.4, 0.5) is 0 Å². The number of hydrogen-bond acceptors (Lipinski definition) is 1. The lowest BCUT2D eigenvalue weighted by Crippen LogP contribution is -1.95. The Labute approximate surface area is 56.2 Å². The lowest BCUT2D eigenvalue weighted by molar-refractivity contribution is 0.771. The summed E-state index contributed by atoms with van der Waals surface area (Å²) in [6, 6.07) is 0. The molecule has 0 spiro atoms. The Hall–Kier alpha value is -0.770. The van der Waals surface area contributed by atoms with Crippen LogP contribution < -0.4 is 0 Å². The first-order valence-corrected chi connectivity index (χ1v) is 3.25. The molecule has 0 aromatic carbocycles. The summed E-state index contributed by atoms with van der Waals surface area (Å²) in [5.41, 5.74) is 1.25. The molecule has 0 saturated carbocycles. The zero-order valence-corrected chi connectivity index (χ0v) is 5.94. The van der Waals surface area contributed by atoms with Crippen molar-refractivity contribution in [1.29, 1.82) is 0 Å². The normalized spacial score (nSPS) is 24.7. The van der Waals surface area contributed by atoms with E-state index < -0.39 is 0 Å². The predicted octanol–water partition coefficient (Wildman–Crippen LogP) is 1.49. The molecule has 1 aliphatic rings. The Morgan fingerprint density at radius 1 is 1.67 bits per heavy atom. The number of aliphatic imine (C=N–C) groups is 1. The van der Waals surface area contributed by atoms with Crippen molar-refractivity contribution in [3.05, 3.63) is 0 Å². The molecular weight excluding hydrogens is 110 g/mol. The molecule has 0 amide bonds. The lowest BCUT2D eigenvalue weighted by Gasteiger charge is -1.93. The Bertz CT molecular complexity index is 180. The van der Waals surface area contributed by atoms with E-state index in [1.807, 2.05) is 6.92 Å². The summed E-state index contributed by atoms with van der Waals surface area (Å²) in [5, 5.41) is 0. The molecule has 0 saturated heterocycles. The molecule has 0 fully saturated rings. The van der Waals surface area contributed by atoms with Gasteiger partial charge in [-0.2, -0.15) is 0 Å². The fourth-order valence-corrected chi connectivity index (χ4v) is 1.05. The molecule has 48 valence electrons. The highest BCUT2D eigenvalue weighted by atomic mass is 14.8. The summed E-state index contributed by atoms with van der Waals surface area (Å²) in [7, 11) is 0. The second-order valence-electron chi connectivity index (χ2n) is 2.37. The van der Waals surface area contributed by atoms with Crippen molar-refractivity contribution in [2.75, 3.05) is 6.54 Å². The van der Waals surface area contributed by atoms with E-state index in [0.29, 0.717) is 5.92 Å². The maximum atomic E-state index is 4.25. The smallest absolute Gasteiger partial charge is 0.0530 e. The Morgan fingerprint density at radius 3 is 2.89 bits per heavy atom. The lowest BCUT2D eigenvalue weighted by atomic mass is 10.1. The minimum absolute atomic E-state index is 0.523. The number of nitrogens with zero attached hydrogens (tertiary/aromatic N) is 1. The maximum absolute atomic E-state index is 4.25. The van der Waals surface area contributed by atoms with Crippen LogP contribution in [0.25, 0.3) is 0 Å². The fourth-order valence-electron chi connectivity index (χ4n) is 1.05. The molecule has 1 unspecified atom stereocenters. The van der Waals surface area contributed by atoms with Crippen LogP contribution in [0.2, 0.25) is 0 Å². The maximum Gasteiger partial charge on any atom is 0.0530 e. The zero-order chi connectivity index (χ0) is 6.69. The quantitative estimate of drug-likeness (QED) is 0.430.